The number of rotatable bonds is 3. The van der Waals surface area contributed by atoms with Crippen LogP contribution in [0, 0.1) is 11.6 Å². The molecular weight excluding hydrogens is 370 g/mol. The Bertz CT molecular complexity index is 573. The predicted octanol–water partition coefficient (Wildman–Crippen LogP) is 5.41. The van der Waals surface area contributed by atoms with Gasteiger partial charge < -0.3 is 4.74 Å². The average molecular weight is 378 g/mol. The van der Waals surface area contributed by atoms with Gasteiger partial charge >= 0.3 is 0 Å². The van der Waals surface area contributed by atoms with E-state index < -0.39 is 11.6 Å². The largest absolute Gasteiger partial charge is 0.454 e. The van der Waals surface area contributed by atoms with Crippen molar-refractivity contribution in [3.05, 3.63) is 58.1 Å². The number of hydrogen-bond donors (Lipinski definition) is 0. The Balaban J connectivity index is 2.37. The van der Waals surface area contributed by atoms with Crippen molar-refractivity contribution in [1.82, 2.24) is 0 Å². The van der Waals surface area contributed by atoms with Crippen molar-refractivity contribution in [2.75, 3.05) is 0 Å². The molecule has 0 fully saturated rings. The standard InChI is InChI=1S/C13H8Br2F2O/c14-7-8-6-9(15)4-5-11(8)18-12-3-1-2-10(16)13(12)17/h1-6H,7H2. The van der Waals surface area contributed by atoms with Crippen LogP contribution in [0.3, 0.4) is 0 Å². The Morgan fingerprint density at radius 1 is 1.06 bits per heavy atom. The maximum Gasteiger partial charge on any atom is 0.201 e. The molecule has 0 aromatic heterocycles. The van der Waals surface area contributed by atoms with Gasteiger partial charge in [0.2, 0.25) is 5.82 Å². The highest BCUT2D eigenvalue weighted by Gasteiger charge is 2.11. The third kappa shape index (κ3) is 2.90. The van der Waals surface area contributed by atoms with Gasteiger partial charge in [0.05, 0.1) is 0 Å². The van der Waals surface area contributed by atoms with Crippen LogP contribution in [-0.4, -0.2) is 0 Å². The monoisotopic (exact) mass is 376 g/mol. The predicted molar refractivity (Wildman–Crippen MR) is 73.2 cm³/mol. The summed E-state index contributed by atoms with van der Waals surface area (Å²) < 4.78 is 32.8. The van der Waals surface area contributed by atoms with Gasteiger partial charge in [0.1, 0.15) is 5.75 Å². The SMILES string of the molecule is Fc1cccc(Oc2ccc(Br)cc2CBr)c1F. The summed E-state index contributed by atoms with van der Waals surface area (Å²) in [5.41, 5.74) is 0.841. The molecule has 0 saturated heterocycles. The molecule has 5 heteroatoms. The molecule has 0 saturated carbocycles. The van der Waals surface area contributed by atoms with Crippen LogP contribution in [0.5, 0.6) is 11.5 Å². The lowest BCUT2D eigenvalue weighted by molar-refractivity contribution is 0.414. The number of halogens is 4. The second kappa shape index (κ2) is 5.80. The highest BCUT2D eigenvalue weighted by Crippen LogP contribution is 2.31. The normalized spacial score (nSPS) is 10.4. The molecule has 1 nitrogen and oxygen atoms in total. The van der Waals surface area contributed by atoms with E-state index in [1.165, 1.54) is 12.1 Å². The fraction of sp³-hybridized carbons (Fsp3) is 0.0769. The summed E-state index contributed by atoms with van der Waals surface area (Å²) in [5, 5.41) is 0.554. The van der Waals surface area contributed by atoms with Gasteiger partial charge in [-0.25, -0.2) is 4.39 Å². The Morgan fingerprint density at radius 3 is 2.56 bits per heavy atom. The molecule has 18 heavy (non-hydrogen) atoms. The van der Waals surface area contributed by atoms with E-state index in [1.54, 1.807) is 12.1 Å². The zero-order valence-corrected chi connectivity index (χ0v) is 12.3. The fourth-order valence-corrected chi connectivity index (χ4v) is 2.28. The van der Waals surface area contributed by atoms with Crippen molar-refractivity contribution in [1.29, 1.82) is 0 Å². The molecule has 2 aromatic rings. The van der Waals surface area contributed by atoms with Gasteiger partial charge in [-0.3, -0.25) is 0 Å². The Morgan fingerprint density at radius 2 is 1.83 bits per heavy atom. The molecule has 2 rings (SSSR count). The summed E-state index contributed by atoms with van der Waals surface area (Å²) in [4.78, 5) is 0. The summed E-state index contributed by atoms with van der Waals surface area (Å²) in [7, 11) is 0. The van der Waals surface area contributed by atoms with Gasteiger partial charge in [-0.1, -0.05) is 37.9 Å². The molecule has 0 heterocycles. The van der Waals surface area contributed by atoms with E-state index in [0.717, 1.165) is 16.1 Å². The van der Waals surface area contributed by atoms with Crippen molar-refractivity contribution < 1.29 is 13.5 Å². The highest BCUT2D eigenvalue weighted by molar-refractivity contribution is 9.10. The van der Waals surface area contributed by atoms with Crippen LogP contribution in [-0.2, 0) is 5.33 Å². The topological polar surface area (TPSA) is 9.23 Å². The van der Waals surface area contributed by atoms with Crippen LogP contribution in [0.15, 0.2) is 40.9 Å². The van der Waals surface area contributed by atoms with E-state index in [4.69, 9.17) is 4.74 Å². The molecule has 2 aromatic carbocycles. The van der Waals surface area contributed by atoms with E-state index in [2.05, 4.69) is 31.9 Å². The molecule has 0 aliphatic heterocycles. The minimum absolute atomic E-state index is 0.125. The molecule has 0 amide bonds. The van der Waals surface area contributed by atoms with Crippen LogP contribution in [0.25, 0.3) is 0 Å². The van der Waals surface area contributed by atoms with E-state index in [-0.39, 0.29) is 5.75 Å². The van der Waals surface area contributed by atoms with Crippen molar-refractivity contribution in [2.45, 2.75) is 5.33 Å². The molecular formula is C13H8Br2F2O. The molecule has 0 atom stereocenters. The molecule has 94 valence electrons. The number of hydrogen-bond acceptors (Lipinski definition) is 1. The lowest BCUT2D eigenvalue weighted by Gasteiger charge is -2.10. The van der Waals surface area contributed by atoms with Crippen molar-refractivity contribution in [3.8, 4) is 11.5 Å². The molecule has 0 N–H and O–H groups in total. The lowest BCUT2D eigenvalue weighted by atomic mass is 10.2. The first-order chi connectivity index (χ1) is 8.61. The summed E-state index contributed by atoms with van der Waals surface area (Å²) in [6, 6.07) is 9.17. The van der Waals surface area contributed by atoms with Gasteiger partial charge in [-0.15, -0.1) is 0 Å². The van der Waals surface area contributed by atoms with E-state index in [1.807, 2.05) is 6.07 Å². The highest BCUT2D eigenvalue weighted by atomic mass is 79.9. The van der Waals surface area contributed by atoms with Crippen LogP contribution in [0.2, 0.25) is 0 Å². The molecule has 0 aliphatic carbocycles. The summed E-state index contributed by atoms with van der Waals surface area (Å²) in [6.07, 6.45) is 0. The summed E-state index contributed by atoms with van der Waals surface area (Å²) in [5.74, 6) is -1.55. The zero-order chi connectivity index (χ0) is 13.1. The Hall–Kier alpha value is -0.940. The minimum atomic E-state index is -0.985. The fourth-order valence-electron chi connectivity index (χ4n) is 1.43. The molecule has 0 unspecified atom stereocenters. The van der Waals surface area contributed by atoms with Crippen LogP contribution in [0.1, 0.15) is 5.56 Å². The van der Waals surface area contributed by atoms with Gasteiger partial charge in [0.25, 0.3) is 0 Å². The van der Waals surface area contributed by atoms with Crippen molar-refractivity contribution >= 4 is 31.9 Å². The molecule has 0 radical (unpaired) electrons. The first-order valence-corrected chi connectivity index (χ1v) is 6.99. The Labute approximate surface area is 120 Å². The number of alkyl halides is 1. The number of ether oxygens (including phenoxy) is 1. The Kier molecular flexibility index (Phi) is 4.35. The first kappa shape index (κ1) is 13.5. The molecule has 0 spiro atoms. The van der Waals surface area contributed by atoms with Gasteiger partial charge in [0.15, 0.2) is 11.6 Å². The summed E-state index contributed by atoms with van der Waals surface area (Å²) >= 11 is 6.66. The van der Waals surface area contributed by atoms with Crippen LogP contribution >= 0.6 is 31.9 Å². The van der Waals surface area contributed by atoms with E-state index >= 15 is 0 Å². The third-order valence-corrected chi connectivity index (χ3v) is 3.40. The van der Waals surface area contributed by atoms with Crippen molar-refractivity contribution in [2.24, 2.45) is 0 Å². The summed E-state index contributed by atoms with van der Waals surface area (Å²) in [6.45, 7) is 0. The van der Waals surface area contributed by atoms with Gasteiger partial charge in [0, 0.05) is 15.4 Å². The smallest absolute Gasteiger partial charge is 0.201 e. The molecule has 0 bridgehead atoms. The quantitative estimate of drug-likeness (QED) is 0.649. The lowest BCUT2D eigenvalue weighted by Crippen LogP contribution is -1.94. The van der Waals surface area contributed by atoms with Gasteiger partial charge in [-0.2, -0.15) is 4.39 Å². The second-order valence-corrected chi connectivity index (χ2v) is 5.02. The second-order valence-electron chi connectivity index (χ2n) is 3.54. The maximum absolute atomic E-state index is 13.5. The van der Waals surface area contributed by atoms with Crippen LogP contribution < -0.4 is 4.74 Å². The third-order valence-electron chi connectivity index (χ3n) is 2.30. The first-order valence-electron chi connectivity index (χ1n) is 5.08. The van der Waals surface area contributed by atoms with Gasteiger partial charge in [-0.05, 0) is 30.3 Å². The number of benzene rings is 2. The molecule has 0 aliphatic rings. The zero-order valence-electron chi connectivity index (χ0n) is 9.09. The average Bonchev–Trinajstić information content (AvgIpc) is 2.37. The van der Waals surface area contributed by atoms with Crippen molar-refractivity contribution in [3.63, 3.8) is 0 Å². The van der Waals surface area contributed by atoms with E-state index in [0.29, 0.717) is 11.1 Å². The van der Waals surface area contributed by atoms with Crippen LogP contribution in [0.4, 0.5) is 8.78 Å². The van der Waals surface area contributed by atoms with E-state index in [9.17, 15) is 8.78 Å². The minimum Gasteiger partial charge on any atom is -0.454 e. The maximum atomic E-state index is 13.5.